The Morgan fingerprint density at radius 2 is 0.946 bits per heavy atom. The van der Waals surface area contributed by atoms with E-state index in [0.717, 1.165) is 35.7 Å². The third-order valence-electron chi connectivity index (χ3n) is 13.9. The summed E-state index contributed by atoms with van der Waals surface area (Å²) in [5.74, 6) is 0.943. The van der Waals surface area contributed by atoms with Gasteiger partial charge in [-0.3, -0.25) is 0 Å². The quantitative estimate of drug-likeness (QED) is 0.0602. The molecular weight excluding hydrogens is 765 g/mol. The normalized spacial score (nSPS) is 18.1. The molecule has 0 saturated heterocycles. The highest BCUT2D eigenvalue weighted by Gasteiger charge is 2.56. The van der Waals surface area contributed by atoms with Crippen LogP contribution in [-0.2, 0) is 0 Å². The first kappa shape index (κ1) is 45.2. The van der Waals surface area contributed by atoms with Gasteiger partial charge in [0.2, 0.25) is 0 Å². The smallest absolute Gasteiger partial charge is 0.119 e. The molecule has 0 radical (unpaired) electrons. The van der Waals surface area contributed by atoms with Crippen molar-refractivity contribution in [2.24, 2.45) is 0 Å². The van der Waals surface area contributed by atoms with E-state index in [2.05, 4.69) is 104 Å². The van der Waals surface area contributed by atoms with Crippen molar-refractivity contribution in [1.82, 2.24) is 4.90 Å². The molecule has 3 aliphatic carbocycles. The van der Waals surface area contributed by atoms with Gasteiger partial charge in [0.1, 0.15) is 12.4 Å². The van der Waals surface area contributed by atoms with E-state index in [0.29, 0.717) is 6.61 Å². The summed E-state index contributed by atoms with van der Waals surface area (Å²) < 4.78 is 6.07. The standard InChI is InChI=1S/C52H77NOP.BrH/c1-53(2)41-42-54-47-39-37-46(38-40-47)52(45-28-16-10-17-29-45)51(44-26-14-9-15-27-44)36-24-7-5-3-4-6-8-25-43-55(48-30-18-11-19-31-48,49-32-20-12-21-33-49)50-34-22-13-23-35-50;/h9-10,14-17,26-29,37-40,48-50H,3-8,11-13,18-25,30-36,41-43H2,1-2H3;1H/q+1;/p-1/b52-51-;. The van der Waals surface area contributed by atoms with Gasteiger partial charge in [0.15, 0.2) is 0 Å². The van der Waals surface area contributed by atoms with Crippen LogP contribution in [0.1, 0.15) is 171 Å². The Balaban J connectivity index is 0.00000600. The average Bonchev–Trinajstić information content (AvgIpc) is 3.24. The number of unbranched alkanes of at least 4 members (excludes halogenated alkanes) is 7. The van der Waals surface area contributed by atoms with Gasteiger partial charge in [0, 0.05) is 13.8 Å². The van der Waals surface area contributed by atoms with Crippen LogP contribution in [-0.4, -0.2) is 55.3 Å². The molecule has 4 heteroatoms. The summed E-state index contributed by atoms with van der Waals surface area (Å²) in [4.78, 5) is 2.16. The molecular formula is C52H77BrNOP. The summed E-state index contributed by atoms with van der Waals surface area (Å²) in [6.45, 7) is 1.62. The Labute approximate surface area is 355 Å². The van der Waals surface area contributed by atoms with Crippen LogP contribution in [0.2, 0.25) is 0 Å². The van der Waals surface area contributed by atoms with Crippen LogP contribution in [0.3, 0.4) is 0 Å². The lowest BCUT2D eigenvalue weighted by molar-refractivity contribution is -0.0000119. The van der Waals surface area contributed by atoms with E-state index in [1.165, 1.54) is 92.0 Å². The van der Waals surface area contributed by atoms with Crippen LogP contribution in [0, 0.1) is 0 Å². The Morgan fingerprint density at radius 3 is 1.43 bits per heavy atom. The van der Waals surface area contributed by atoms with E-state index in [-0.39, 0.29) is 17.0 Å². The fourth-order valence-electron chi connectivity index (χ4n) is 11.1. The monoisotopic (exact) mass is 841 g/mol. The van der Waals surface area contributed by atoms with E-state index in [9.17, 15) is 0 Å². The zero-order valence-electron chi connectivity index (χ0n) is 35.6. The molecule has 3 aliphatic rings. The molecule has 3 aromatic rings. The lowest BCUT2D eigenvalue weighted by Gasteiger charge is -2.49. The lowest BCUT2D eigenvalue weighted by atomic mass is 9.86. The first-order chi connectivity index (χ1) is 27.1. The molecule has 0 N–H and O–H groups in total. The molecule has 3 saturated carbocycles. The lowest BCUT2D eigenvalue weighted by Crippen LogP contribution is -3.00. The van der Waals surface area contributed by atoms with E-state index in [1.54, 1.807) is 89.6 Å². The highest BCUT2D eigenvalue weighted by Crippen LogP contribution is 2.77. The number of nitrogens with zero attached hydrogens (tertiary/aromatic N) is 1. The Bertz CT molecular complexity index is 1460. The highest BCUT2D eigenvalue weighted by atomic mass is 79.9. The van der Waals surface area contributed by atoms with Gasteiger partial charge in [0.05, 0.1) is 23.1 Å². The summed E-state index contributed by atoms with van der Waals surface area (Å²) in [6.07, 6.45) is 37.5. The molecule has 3 aromatic carbocycles. The molecule has 0 atom stereocenters. The fourth-order valence-corrected chi connectivity index (χ4v) is 18.7. The van der Waals surface area contributed by atoms with Crippen LogP contribution >= 0.6 is 7.26 Å². The number of hydrogen-bond acceptors (Lipinski definition) is 2. The summed E-state index contributed by atoms with van der Waals surface area (Å²) in [7, 11) is 3.28. The summed E-state index contributed by atoms with van der Waals surface area (Å²) >= 11 is 0. The van der Waals surface area contributed by atoms with E-state index in [4.69, 9.17) is 4.74 Å². The van der Waals surface area contributed by atoms with E-state index in [1.807, 2.05) is 0 Å². The molecule has 0 unspecified atom stereocenters. The second kappa shape index (κ2) is 24.9. The van der Waals surface area contributed by atoms with Gasteiger partial charge in [0.25, 0.3) is 0 Å². The average molecular weight is 843 g/mol. The maximum absolute atomic E-state index is 6.07. The largest absolute Gasteiger partial charge is 1.00 e. The maximum Gasteiger partial charge on any atom is 0.119 e. The fraction of sp³-hybridized carbons (Fsp3) is 0.615. The Morgan fingerprint density at radius 1 is 0.518 bits per heavy atom. The summed E-state index contributed by atoms with van der Waals surface area (Å²) in [5.41, 5.74) is 10.2. The van der Waals surface area contributed by atoms with Crippen molar-refractivity contribution >= 4 is 18.4 Å². The number of likely N-dealkylation sites (N-methyl/N-ethyl adjacent to an activating group) is 1. The highest BCUT2D eigenvalue weighted by molar-refractivity contribution is 7.77. The van der Waals surface area contributed by atoms with Crippen LogP contribution in [0.5, 0.6) is 5.75 Å². The molecule has 0 aliphatic heterocycles. The maximum atomic E-state index is 6.07. The Hall–Kier alpha value is -1.93. The van der Waals surface area contributed by atoms with Crippen molar-refractivity contribution in [2.75, 3.05) is 33.4 Å². The first-order valence-electron chi connectivity index (χ1n) is 23.2. The van der Waals surface area contributed by atoms with Crippen molar-refractivity contribution in [3.8, 4) is 5.75 Å². The van der Waals surface area contributed by atoms with Crippen molar-refractivity contribution in [1.29, 1.82) is 0 Å². The van der Waals surface area contributed by atoms with Crippen molar-refractivity contribution < 1.29 is 21.7 Å². The zero-order valence-corrected chi connectivity index (χ0v) is 38.1. The molecule has 0 bridgehead atoms. The van der Waals surface area contributed by atoms with Gasteiger partial charge in [-0.2, -0.15) is 0 Å². The van der Waals surface area contributed by atoms with Crippen LogP contribution in [0.15, 0.2) is 84.9 Å². The molecule has 308 valence electrons. The van der Waals surface area contributed by atoms with E-state index < -0.39 is 7.26 Å². The summed E-state index contributed by atoms with van der Waals surface area (Å²) in [6, 6.07) is 31.1. The van der Waals surface area contributed by atoms with Crippen LogP contribution in [0.4, 0.5) is 0 Å². The molecule has 56 heavy (non-hydrogen) atoms. The number of benzene rings is 3. The number of allylic oxidation sites excluding steroid dienone is 1. The third kappa shape index (κ3) is 13.0. The SMILES string of the molecule is CN(C)CCOc1ccc(/C(=C(/CCCCCCCCCC[P+](C2CCCCC2)(C2CCCCC2)C2CCCCC2)c2ccccc2)c2ccccc2)cc1.[Br-]. The molecule has 0 amide bonds. The van der Waals surface area contributed by atoms with Crippen LogP contribution < -0.4 is 21.7 Å². The topological polar surface area (TPSA) is 12.5 Å². The van der Waals surface area contributed by atoms with Crippen molar-refractivity contribution in [2.45, 2.75) is 171 Å². The predicted molar refractivity (Wildman–Crippen MR) is 243 cm³/mol. The molecule has 0 spiro atoms. The van der Waals surface area contributed by atoms with E-state index >= 15 is 0 Å². The van der Waals surface area contributed by atoms with Crippen LogP contribution in [0.25, 0.3) is 11.1 Å². The minimum absolute atomic E-state index is 0. The van der Waals surface area contributed by atoms with Gasteiger partial charge in [-0.1, -0.05) is 124 Å². The molecule has 2 nitrogen and oxygen atoms in total. The van der Waals surface area contributed by atoms with Gasteiger partial charge in [-0.15, -0.1) is 0 Å². The number of rotatable bonds is 21. The zero-order chi connectivity index (χ0) is 38.0. The number of halogens is 1. The Kier molecular flexibility index (Phi) is 20.1. The van der Waals surface area contributed by atoms with Gasteiger partial charge >= 0.3 is 0 Å². The molecule has 3 fully saturated rings. The second-order valence-corrected chi connectivity index (χ2v) is 22.6. The van der Waals surface area contributed by atoms with Crippen molar-refractivity contribution in [3.05, 3.63) is 102 Å². The molecule has 0 aromatic heterocycles. The van der Waals surface area contributed by atoms with Gasteiger partial charge in [-0.05, 0) is 157 Å². The minimum atomic E-state index is -0.904. The second-order valence-electron chi connectivity index (χ2n) is 17.9. The number of hydrogen-bond donors (Lipinski definition) is 0. The van der Waals surface area contributed by atoms with Gasteiger partial charge in [-0.25, -0.2) is 0 Å². The first-order valence-corrected chi connectivity index (χ1v) is 25.4. The van der Waals surface area contributed by atoms with Gasteiger partial charge < -0.3 is 26.6 Å². The third-order valence-corrected chi connectivity index (χ3v) is 20.6. The molecule has 0 heterocycles. The summed E-state index contributed by atoms with van der Waals surface area (Å²) in [5, 5.41) is 0. The van der Waals surface area contributed by atoms with Crippen molar-refractivity contribution in [3.63, 3.8) is 0 Å². The minimum Gasteiger partial charge on any atom is -1.00 e. The number of ether oxygens (including phenoxy) is 1. The predicted octanol–water partition coefficient (Wildman–Crippen LogP) is 12.1. The molecule has 6 rings (SSSR count).